The van der Waals surface area contributed by atoms with Crippen molar-refractivity contribution in [3.05, 3.63) is 35.4 Å². The minimum atomic E-state index is -0.744. The molecular weight excluding hydrogens is 362 g/mol. The first-order valence-corrected chi connectivity index (χ1v) is 7.83. The summed E-state index contributed by atoms with van der Waals surface area (Å²) in [5.74, 6) is -0.848. The summed E-state index contributed by atoms with van der Waals surface area (Å²) in [6, 6.07) is 5.82. The summed E-state index contributed by atoms with van der Waals surface area (Å²) in [7, 11) is 0. The summed E-state index contributed by atoms with van der Waals surface area (Å²) in [5, 5.41) is 7.64. The number of nitrogens with two attached hydrogens (primary N) is 2. The lowest BCUT2D eigenvalue weighted by molar-refractivity contribution is 0.0636. The first kappa shape index (κ1) is 18.4. The summed E-state index contributed by atoms with van der Waals surface area (Å²) in [6.07, 6.45) is 1.26. The van der Waals surface area contributed by atoms with Gasteiger partial charge in [-0.1, -0.05) is 12.1 Å². The molecule has 2 rings (SSSR count). The van der Waals surface area contributed by atoms with Gasteiger partial charge < -0.3 is 11.5 Å². The van der Waals surface area contributed by atoms with E-state index in [0.29, 0.717) is 11.1 Å². The highest BCUT2D eigenvalue weighted by molar-refractivity contribution is 7.80. The van der Waals surface area contributed by atoms with Crippen LogP contribution in [0.15, 0.2) is 34.5 Å². The Balaban J connectivity index is 2.31. The minimum Gasteiger partial charge on any atom is -0.375 e. The van der Waals surface area contributed by atoms with Crippen LogP contribution < -0.4 is 22.3 Å². The molecule has 130 valence electrons. The van der Waals surface area contributed by atoms with Gasteiger partial charge in [0.1, 0.15) is 5.71 Å². The molecule has 0 fully saturated rings. The number of hydrazone groups is 2. The maximum atomic E-state index is 12.6. The number of rotatable bonds is 5. The van der Waals surface area contributed by atoms with E-state index in [9.17, 15) is 9.59 Å². The smallest absolute Gasteiger partial charge is 0.262 e. The van der Waals surface area contributed by atoms with Crippen molar-refractivity contribution in [2.45, 2.75) is 13.0 Å². The number of imide groups is 1. The molecule has 6 N–H and O–H groups in total. The Bertz CT molecular complexity index is 771. The SMILES string of the molecule is C[C@@H](C(/C=N\NC(N)=S)=N/NC(N)=S)N1C(=O)c2ccccc2C1=O. The van der Waals surface area contributed by atoms with Crippen LogP contribution in [0.1, 0.15) is 27.6 Å². The van der Waals surface area contributed by atoms with Crippen LogP contribution in [0, 0.1) is 0 Å². The largest absolute Gasteiger partial charge is 0.375 e. The monoisotopic (exact) mass is 377 g/mol. The third-order valence-corrected chi connectivity index (χ3v) is 3.49. The molecule has 0 aromatic heterocycles. The lowest BCUT2D eigenvalue weighted by Gasteiger charge is -2.22. The fourth-order valence-electron chi connectivity index (χ4n) is 2.20. The third kappa shape index (κ3) is 4.14. The first-order chi connectivity index (χ1) is 11.8. The zero-order valence-electron chi connectivity index (χ0n) is 13.1. The van der Waals surface area contributed by atoms with Crippen molar-refractivity contribution in [3.8, 4) is 0 Å². The zero-order chi connectivity index (χ0) is 18.6. The first-order valence-electron chi connectivity index (χ1n) is 7.01. The number of thiocarbonyl (C=S) groups is 2. The lowest BCUT2D eigenvalue weighted by atomic mass is 10.1. The predicted molar refractivity (Wildman–Crippen MR) is 102 cm³/mol. The van der Waals surface area contributed by atoms with Crippen LogP contribution in [0.25, 0.3) is 0 Å². The standard InChI is InChI=1S/C14H15N7O2S2/c1-7(10(18-20-14(16)25)6-17-19-13(15)24)21-11(22)8-4-2-3-5-9(8)12(21)23/h2-7H,1H3,(H3,15,19,24)(H3,16,20,25)/b17-6-,18-10+/t7-/m0/s1. The fraction of sp³-hybridized carbons (Fsp3) is 0.143. The van der Waals surface area contributed by atoms with E-state index in [0.717, 1.165) is 4.90 Å². The number of hydrogen-bond acceptors (Lipinski definition) is 6. The molecule has 0 spiro atoms. The zero-order valence-corrected chi connectivity index (χ0v) is 14.7. The molecule has 1 aromatic carbocycles. The topological polar surface area (TPSA) is 138 Å². The van der Waals surface area contributed by atoms with E-state index in [1.807, 2.05) is 0 Å². The van der Waals surface area contributed by atoms with Crippen molar-refractivity contribution < 1.29 is 9.59 Å². The average Bonchev–Trinajstić information content (AvgIpc) is 2.81. The van der Waals surface area contributed by atoms with E-state index in [1.54, 1.807) is 31.2 Å². The maximum Gasteiger partial charge on any atom is 0.262 e. The fourth-order valence-corrected chi connectivity index (χ4v) is 2.30. The van der Waals surface area contributed by atoms with Gasteiger partial charge in [0.15, 0.2) is 10.2 Å². The Hall–Kier alpha value is -2.92. The van der Waals surface area contributed by atoms with Gasteiger partial charge in [-0.2, -0.15) is 10.2 Å². The van der Waals surface area contributed by atoms with E-state index in [1.165, 1.54) is 6.21 Å². The maximum absolute atomic E-state index is 12.6. The number of nitrogens with zero attached hydrogens (tertiary/aromatic N) is 3. The number of fused-ring (bicyclic) bond motifs is 1. The molecule has 1 heterocycles. The van der Waals surface area contributed by atoms with Crippen LogP contribution in [0.4, 0.5) is 0 Å². The summed E-state index contributed by atoms with van der Waals surface area (Å²) in [5.41, 5.74) is 16.3. The van der Waals surface area contributed by atoms with Crippen molar-refractivity contribution in [1.82, 2.24) is 15.8 Å². The average molecular weight is 377 g/mol. The van der Waals surface area contributed by atoms with Gasteiger partial charge in [-0.3, -0.25) is 25.3 Å². The normalized spacial score (nSPS) is 15.2. The Labute approximate surface area is 154 Å². The van der Waals surface area contributed by atoms with Gasteiger partial charge in [0.25, 0.3) is 11.8 Å². The number of carbonyl (C=O) groups is 2. The minimum absolute atomic E-state index is 0.0497. The molecule has 0 radical (unpaired) electrons. The molecule has 9 nitrogen and oxygen atoms in total. The molecule has 1 atom stereocenters. The van der Waals surface area contributed by atoms with Crippen LogP contribution in [-0.2, 0) is 0 Å². The number of carbonyl (C=O) groups excluding carboxylic acids is 2. The summed E-state index contributed by atoms with van der Waals surface area (Å²) in [4.78, 5) is 26.2. The molecule has 2 amide bonds. The van der Waals surface area contributed by atoms with Crippen LogP contribution in [0.2, 0.25) is 0 Å². The van der Waals surface area contributed by atoms with E-state index >= 15 is 0 Å². The molecule has 0 aliphatic carbocycles. The number of benzene rings is 1. The Morgan fingerprint density at radius 1 is 1.12 bits per heavy atom. The highest BCUT2D eigenvalue weighted by Gasteiger charge is 2.39. The number of amides is 2. The second-order valence-electron chi connectivity index (χ2n) is 4.95. The predicted octanol–water partition coefficient (Wildman–Crippen LogP) is -0.321. The Morgan fingerprint density at radius 2 is 1.64 bits per heavy atom. The molecule has 11 heteroatoms. The van der Waals surface area contributed by atoms with Crippen molar-refractivity contribution in [2.24, 2.45) is 21.7 Å². The molecule has 0 saturated carbocycles. The summed E-state index contributed by atoms with van der Waals surface area (Å²) in [6.45, 7) is 1.62. The highest BCUT2D eigenvalue weighted by Crippen LogP contribution is 2.24. The summed E-state index contributed by atoms with van der Waals surface area (Å²) >= 11 is 9.35. The van der Waals surface area contributed by atoms with Gasteiger partial charge in [-0.15, -0.1) is 0 Å². The van der Waals surface area contributed by atoms with Gasteiger partial charge in [-0.25, -0.2) is 0 Å². The van der Waals surface area contributed by atoms with E-state index < -0.39 is 17.9 Å². The molecule has 0 bridgehead atoms. The van der Waals surface area contributed by atoms with E-state index in [2.05, 4.69) is 33.3 Å². The lowest BCUT2D eigenvalue weighted by Crippen LogP contribution is -2.44. The van der Waals surface area contributed by atoms with Gasteiger partial charge in [0, 0.05) is 0 Å². The molecule has 1 aromatic rings. The number of nitrogens with one attached hydrogen (secondary N) is 2. The van der Waals surface area contributed by atoms with Crippen LogP contribution in [-0.4, -0.2) is 44.9 Å². The molecular formula is C14H15N7O2S2. The Morgan fingerprint density at radius 3 is 2.12 bits per heavy atom. The van der Waals surface area contributed by atoms with Crippen molar-refractivity contribution >= 4 is 58.4 Å². The van der Waals surface area contributed by atoms with E-state index in [4.69, 9.17) is 23.7 Å². The highest BCUT2D eigenvalue weighted by atomic mass is 32.1. The van der Waals surface area contributed by atoms with Crippen LogP contribution in [0.5, 0.6) is 0 Å². The second kappa shape index (κ2) is 7.77. The van der Waals surface area contributed by atoms with Crippen molar-refractivity contribution in [2.75, 3.05) is 0 Å². The molecule has 0 saturated heterocycles. The van der Waals surface area contributed by atoms with Gasteiger partial charge >= 0.3 is 0 Å². The van der Waals surface area contributed by atoms with Gasteiger partial charge in [0.2, 0.25) is 0 Å². The van der Waals surface area contributed by atoms with Gasteiger partial charge in [0.05, 0.1) is 23.4 Å². The molecule has 0 unspecified atom stereocenters. The van der Waals surface area contributed by atoms with Crippen molar-refractivity contribution in [3.63, 3.8) is 0 Å². The second-order valence-corrected chi connectivity index (χ2v) is 5.83. The number of hydrogen-bond donors (Lipinski definition) is 4. The van der Waals surface area contributed by atoms with Crippen LogP contribution in [0.3, 0.4) is 0 Å². The third-order valence-electron chi connectivity index (χ3n) is 3.31. The van der Waals surface area contributed by atoms with E-state index in [-0.39, 0.29) is 15.9 Å². The Kier molecular flexibility index (Phi) is 5.72. The van der Waals surface area contributed by atoms with Crippen LogP contribution >= 0.6 is 24.4 Å². The molecule has 1 aliphatic heterocycles. The molecule has 25 heavy (non-hydrogen) atoms. The quantitative estimate of drug-likeness (QED) is 0.237. The molecule has 1 aliphatic rings. The van der Waals surface area contributed by atoms with Gasteiger partial charge in [-0.05, 0) is 43.5 Å². The summed E-state index contributed by atoms with van der Waals surface area (Å²) < 4.78 is 0. The van der Waals surface area contributed by atoms with Crippen molar-refractivity contribution in [1.29, 1.82) is 0 Å².